The molecule has 1 aliphatic carbocycles. The van der Waals surface area contributed by atoms with Gasteiger partial charge in [0.1, 0.15) is 0 Å². The first-order valence-electron chi connectivity index (χ1n) is 8.81. The Kier molecular flexibility index (Phi) is 3.46. The first-order chi connectivity index (χ1) is 10.5. The van der Waals surface area contributed by atoms with Crippen molar-refractivity contribution in [2.24, 2.45) is 23.7 Å². The Labute approximate surface area is 133 Å². The molecule has 4 aliphatic heterocycles. The van der Waals surface area contributed by atoms with Gasteiger partial charge in [0.05, 0.1) is 6.10 Å². The molecule has 5 fully saturated rings. The molecule has 4 saturated heterocycles. The van der Waals surface area contributed by atoms with Crippen LogP contribution in [0.2, 0.25) is 0 Å². The number of rotatable bonds is 2. The zero-order valence-electron chi connectivity index (χ0n) is 13.9. The van der Waals surface area contributed by atoms with E-state index >= 15 is 0 Å². The molecule has 5 rings (SSSR count). The summed E-state index contributed by atoms with van der Waals surface area (Å²) in [5.74, 6) is 1.27. The van der Waals surface area contributed by atoms with E-state index in [2.05, 4.69) is 20.4 Å². The molecule has 8 atom stereocenters. The van der Waals surface area contributed by atoms with Crippen molar-refractivity contribution in [3.8, 4) is 0 Å². The van der Waals surface area contributed by atoms with Gasteiger partial charge < -0.3 is 9.47 Å². The van der Waals surface area contributed by atoms with Gasteiger partial charge in [0.25, 0.3) is 0 Å². The Balaban J connectivity index is 1.77. The molecule has 0 N–H and O–H groups in total. The van der Waals surface area contributed by atoms with Crippen molar-refractivity contribution in [2.45, 2.75) is 76.7 Å². The minimum atomic E-state index is -0.670. The van der Waals surface area contributed by atoms with Crippen molar-refractivity contribution in [3.05, 3.63) is 12.7 Å². The molecule has 4 nitrogen and oxygen atoms in total. The third-order valence-corrected chi connectivity index (χ3v) is 6.69. The molecule has 2 bridgehead atoms. The summed E-state index contributed by atoms with van der Waals surface area (Å²) in [7, 11) is 0. The summed E-state index contributed by atoms with van der Waals surface area (Å²) in [5.41, 5.74) is -0.426. The van der Waals surface area contributed by atoms with Crippen LogP contribution in [-0.4, -0.2) is 23.8 Å². The van der Waals surface area contributed by atoms with Crippen molar-refractivity contribution < 1.29 is 19.2 Å². The molecule has 1 saturated carbocycles. The zero-order valence-corrected chi connectivity index (χ0v) is 13.9. The van der Waals surface area contributed by atoms with Crippen LogP contribution in [0.15, 0.2) is 12.7 Å². The van der Waals surface area contributed by atoms with Crippen LogP contribution >= 0.6 is 0 Å². The predicted octanol–water partition coefficient (Wildman–Crippen LogP) is 3.81. The Bertz CT molecular complexity index is 466. The molecule has 5 aliphatic rings. The van der Waals surface area contributed by atoms with E-state index < -0.39 is 11.4 Å². The Hall–Kier alpha value is -0.420. The molecule has 0 amide bonds. The second-order valence-electron chi connectivity index (χ2n) is 7.97. The molecule has 0 aromatic heterocycles. The highest BCUT2D eigenvalue weighted by atomic mass is 17.3. The highest BCUT2D eigenvalue weighted by Gasteiger charge is 2.69. The van der Waals surface area contributed by atoms with Crippen LogP contribution in [0.4, 0.5) is 0 Å². The number of hydrogen-bond donors (Lipinski definition) is 0. The van der Waals surface area contributed by atoms with Crippen LogP contribution in [0.3, 0.4) is 0 Å². The van der Waals surface area contributed by atoms with Crippen molar-refractivity contribution in [1.82, 2.24) is 0 Å². The second kappa shape index (κ2) is 5.04. The van der Waals surface area contributed by atoms with E-state index in [9.17, 15) is 0 Å². The molecule has 4 heteroatoms. The standard InChI is InChI=1S/C18H28O4/c1-5-6-15-12(3)14-8-7-11(2)13-9-10-17(4)20-16(19-15)18(13,14)22-21-17/h5,11-16H,1,6-10H2,2-4H3/t11-,12-,13-,14-,15+,16+,17+,18+/m0/s1. The van der Waals surface area contributed by atoms with Crippen LogP contribution in [0.25, 0.3) is 0 Å². The van der Waals surface area contributed by atoms with E-state index in [0.29, 0.717) is 23.7 Å². The van der Waals surface area contributed by atoms with Crippen molar-refractivity contribution in [1.29, 1.82) is 0 Å². The minimum absolute atomic E-state index is 0.165. The molecule has 0 unspecified atom stereocenters. The Morgan fingerprint density at radius 2 is 1.95 bits per heavy atom. The van der Waals surface area contributed by atoms with Crippen LogP contribution in [0, 0.1) is 23.7 Å². The van der Waals surface area contributed by atoms with Gasteiger partial charge in [-0.1, -0.05) is 19.9 Å². The number of fused-ring (bicyclic) bond motifs is 2. The molecule has 4 heterocycles. The number of hydrogen-bond acceptors (Lipinski definition) is 4. The first kappa shape index (κ1) is 15.1. The summed E-state index contributed by atoms with van der Waals surface area (Å²) < 4.78 is 12.7. The van der Waals surface area contributed by atoms with E-state index in [-0.39, 0.29) is 12.4 Å². The Morgan fingerprint density at radius 1 is 1.14 bits per heavy atom. The van der Waals surface area contributed by atoms with E-state index in [1.807, 2.05) is 13.0 Å². The van der Waals surface area contributed by atoms with Crippen molar-refractivity contribution in [3.63, 3.8) is 0 Å². The van der Waals surface area contributed by atoms with Crippen LogP contribution in [0.1, 0.15) is 52.9 Å². The maximum absolute atomic E-state index is 6.40. The van der Waals surface area contributed by atoms with Gasteiger partial charge in [-0.05, 0) is 50.4 Å². The average Bonchev–Trinajstić information content (AvgIpc) is 2.71. The maximum Gasteiger partial charge on any atom is 0.201 e. The SMILES string of the molecule is C=CC[C@H]1O[C@@H]2O[C@@]3(C)CC[C@H]4[C@@H](C)CC[C@@H]([C@@H]1C)[C@@]24OO3. The minimum Gasteiger partial charge on any atom is -0.346 e. The van der Waals surface area contributed by atoms with E-state index in [4.69, 9.17) is 19.2 Å². The fourth-order valence-corrected chi connectivity index (χ4v) is 5.41. The molecule has 0 aromatic rings. The summed E-state index contributed by atoms with van der Waals surface area (Å²) >= 11 is 0. The average molecular weight is 308 g/mol. The van der Waals surface area contributed by atoms with Gasteiger partial charge in [-0.15, -0.1) is 6.58 Å². The van der Waals surface area contributed by atoms with Crippen LogP contribution < -0.4 is 0 Å². The lowest BCUT2D eigenvalue weighted by molar-refractivity contribution is -0.571. The molecular formula is C18H28O4. The van der Waals surface area contributed by atoms with Gasteiger partial charge >= 0.3 is 0 Å². The summed E-state index contributed by atoms with van der Waals surface area (Å²) in [5, 5.41) is 0. The van der Waals surface area contributed by atoms with Gasteiger partial charge in [-0.2, -0.15) is 0 Å². The molecule has 1 spiro atoms. The fraction of sp³-hybridized carbons (Fsp3) is 0.889. The normalized spacial score (nSPS) is 57.0. The first-order valence-corrected chi connectivity index (χ1v) is 8.81. The van der Waals surface area contributed by atoms with Gasteiger partial charge in [0.15, 0.2) is 11.9 Å². The monoisotopic (exact) mass is 308 g/mol. The summed E-state index contributed by atoms with van der Waals surface area (Å²) in [6.45, 7) is 10.5. The summed E-state index contributed by atoms with van der Waals surface area (Å²) in [6, 6.07) is 0. The maximum atomic E-state index is 6.40. The highest BCUT2D eigenvalue weighted by molar-refractivity contribution is 5.10. The van der Waals surface area contributed by atoms with Gasteiger partial charge in [-0.25, -0.2) is 9.78 Å². The van der Waals surface area contributed by atoms with Crippen LogP contribution in [-0.2, 0) is 19.2 Å². The van der Waals surface area contributed by atoms with E-state index in [0.717, 1.165) is 25.7 Å². The molecule has 22 heavy (non-hydrogen) atoms. The van der Waals surface area contributed by atoms with E-state index in [1.165, 1.54) is 6.42 Å². The van der Waals surface area contributed by atoms with Gasteiger partial charge in [-0.3, -0.25) is 0 Å². The van der Waals surface area contributed by atoms with E-state index in [1.54, 1.807) is 0 Å². The Morgan fingerprint density at radius 3 is 2.73 bits per heavy atom. The molecule has 0 aromatic carbocycles. The highest BCUT2D eigenvalue weighted by Crippen LogP contribution is 2.60. The lowest BCUT2D eigenvalue weighted by atomic mass is 9.57. The third-order valence-electron chi connectivity index (χ3n) is 6.69. The summed E-state index contributed by atoms with van der Waals surface area (Å²) in [6.07, 6.45) is 7.06. The topological polar surface area (TPSA) is 36.9 Å². The predicted molar refractivity (Wildman–Crippen MR) is 81.6 cm³/mol. The van der Waals surface area contributed by atoms with Gasteiger partial charge in [0, 0.05) is 12.3 Å². The zero-order chi connectivity index (χ0) is 15.5. The smallest absolute Gasteiger partial charge is 0.201 e. The molecular weight excluding hydrogens is 280 g/mol. The quantitative estimate of drug-likeness (QED) is 0.574. The summed E-state index contributed by atoms with van der Waals surface area (Å²) in [4.78, 5) is 11.9. The van der Waals surface area contributed by atoms with Gasteiger partial charge in [0.2, 0.25) is 5.79 Å². The molecule has 0 radical (unpaired) electrons. The fourth-order valence-electron chi connectivity index (χ4n) is 5.41. The van der Waals surface area contributed by atoms with Crippen molar-refractivity contribution in [2.75, 3.05) is 0 Å². The third kappa shape index (κ3) is 1.90. The molecule has 124 valence electrons. The van der Waals surface area contributed by atoms with Crippen LogP contribution in [0.5, 0.6) is 0 Å². The second-order valence-corrected chi connectivity index (χ2v) is 7.97. The van der Waals surface area contributed by atoms with Crippen molar-refractivity contribution >= 4 is 0 Å². The number of ether oxygens (including phenoxy) is 2. The lowest BCUT2D eigenvalue weighted by Crippen LogP contribution is -2.70. The lowest BCUT2D eigenvalue weighted by Gasteiger charge is -2.60. The largest absolute Gasteiger partial charge is 0.346 e.